The number of nitrogens with one attached hydrogen (secondary N) is 1. The summed E-state index contributed by atoms with van der Waals surface area (Å²) in [6.45, 7) is 10.8. The van der Waals surface area contributed by atoms with Gasteiger partial charge in [0, 0.05) is 17.1 Å². The van der Waals surface area contributed by atoms with Crippen molar-refractivity contribution in [2.75, 3.05) is 0 Å². The van der Waals surface area contributed by atoms with Crippen molar-refractivity contribution >= 4 is 11.6 Å². The number of benzene rings is 1. The third-order valence-electron chi connectivity index (χ3n) is 3.87. The highest BCUT2D eigenvalue weighted by Gasteiger charge is 2.46. The first-order valence-corrected chi connectivity index (χ1v) is 7.29. The van der Waals surface area contributed by atoms with Gasteiger partial charge in [-0.15, -0.1) is 0 Å². The Bertz CT molecular complexity index is 456. The van der Waals surface area contributed by atoms with Crippen molar-refractivity contribution in [2.45, 2.75) is 64.3 Å². The highest BCUT2D eigenvalue weighted by atomic mass is 35.5. The predicted molar refractivity (Wildman–Crippen MR) is 80.7 cm³/mol. The average molecular weight is 282 g/mol. The van der Waals surface area contributed by atoms with Crippen LogP contribution < -0.4 is 5.32 Å². The molecule has 1 aliphatic heterocycles. The number of rotatable bonds is 3. The van der Waals surface area contributed by atoms with Gasteiger partial charge in [0.05, 0.1) is 11.2 Å². The van der Waals surface area contributed by atoms with Crippen molar-refractivity contribution < 1.29 is 4.74 Å². The van der Waals surface area contributed by atoms with Gasteiger partial charge in [-0.2, -0.15) is 0 Å². The minimum Gasteiger partial charge on any atom is -0.368 e. The van der Waals surface area contributed by atoms with Crippen LogP contribution in [-0.4, -0.2) is 17.2 Å². The lowest BCUT2D eigenvalue weighted by molar-refractivity contribution is -0.0703. The van der Waals surface area contributed by atoms with Gasteiger partial charge in [0.2, 0.25) is 0 Å². The van der Waals surface area contributed by atoms with E-state index in [4.69, 9.17) is 16.3 Å². The van der Waals surface area contributed by atoms with Crippen LogP contribution in [0.2, 0.25) is 5.02 Å². The van der Waals surface area contributed by atoms with Gasteiger partial charge in [0.15, 0.2) is 0 Å². The van der Waals surface area contributed by atoms with Gasteiger partial charge < -0.3 is 10.1 Å². The lowest BCUT2D eigenvalue weighted by atomic mass is 9.93. The zero-order valence-corrected chi connectivity index (χ0v) is 13.2. The van der Waals surface area contributed by atoms with Crippen LogP contribution in [0.25, 0.3) is 0 Å². The molecule has 1 aromatic rings. The summed E-state index contributed by atoms with van der Waals surface area (Å²) in [5, 5.41) is 4.47. The van der Waals surface area contributed by atoms with E-state index in [9.17, 15) is 0 Å². The number of hydrogen-bond donors (Lipinski definition) is 1. The third-order valence-corrected chi connectivity index (χ3v) is 4.11. The molecule has 1 unspecified atom stereocenters. The Morgan fingerprint density at radius 3 is 2.53 bits per heavy atom. The molecule has 0 radical (unpaired) electrons. The Hall–Kier alpha value is -0.570. The number of halogens is 1. The van der Waals surface area contributed by atoms with Crippen LogP contribution in [-0.2, 0) is 4.74 Å². The molecule has 1 aliphatic rings. The molecule has 2 atom stereocenters. The summed E-state index contributed by atoms with van der Waals surface area (Å²) < 4.78 is 6.12. The maximum atomic E-state index is 6.12. The average Bonchev–Trinajstić information content (AvgIpc) is 2.46. The summed E-state index contributed by atoms with van der Waals surface area (Å²) in [7, 11) is 0. The Labute approximate surface area is 121 Å². The molecule has 106 valence electrons. The van der Waals surface area contributed by atoms with Crippen molar-refractivity contribution in [3.8, 4) is 0 Å². The molecule has 0 saturated carbocycles. The third kappa shape index (κ3) is 3.50. The van der Waals surface area contributed by atoms with E-state index in [1.54, 1.807) is 0 Å². The molecule has 1 fully saturated rings. The second-order valence-electron chi connectivity index (χ2n) is 6.67. The molecular weight excluding hydrogens is 258 g/mol. The first-order valence-electron chi connectivity index (χ1n) is 6.91. The van der Waals surface area contributed by atoms with E-state index in [1.165, 1.54) is 5.56 Å². The molecule has 0 spiro atoms. The molecule has 0 bridgehead atoms. The predicted octanol–water partition coefficient (Wildman–Crippen LogP) is 4.34. The topological polar surface area (TPSA) is 21.3 Å². The van der Waals surface area contributed by atoms with Crippen molar-refractivity contribution in [3.63, 3.8) is 0 Å². The highest BCUT2D eigenvalue weighted by Crippen LogP contribution is 2.38. The molecule has 2 nitrogen and oxygen atoms in total. The summed E-state index contributed by atoms with van der Waals surface area (Å²) >= 11 is 6.05. The SMILES string of the molecule is C[C@@H](NC1CC(C)(C)OC1(C)C)c1cccc(Cl)c1. The van der Waals surface area contributed by atoms with E-state index in [2.05, 4.69) is 46.0 Å². The van der Waals surface area contributed by atoms with Crippen LogP contribution in [0.5, 0.6) is 0 Å². The molecule has 3 heteroatoms. The Morgan fingerprint density at radius 2 is 2.00 bits per heavy atom. The second kappa shape index (κ2) is 5.08. The summed E-state index contributed by atoms with van der Waals surface area (Å²) in [6.07, 6.45) is 1.02. The van der Waals surface area contributed by atoms with Gasteiger partial charge in [0.1, 0.15) is 0 Å². The van der Waals surface area contributed by atoms with Crippen molar-refractivity contribution in [2.24, 2.45) is 0 Å². The minimum atomic E-state index is -0.143. The molecular formula is C16H24ClNO. The summed E-state index contributed by atoms with van der Waals surface area (Å²) in [5.74, 6) is 0. The van der Waals surface area contributed by atoms with E-state index in [1.807, 2.05) is 18.2 Å². The van der Waals surface area contributed by atoms with Crippen LogP contribution in [0.1, 0.15) is 52.6 Å². The summed E-state index contributed by atoms with van der Waals surface area (Å²) in [6, 6.07) is 8.64. The van der Waals surface area contributed by atoms with E-state index in [0.29, 0.717) is 6.04 Å². The molecule has 1 saturated heterocycles. The molecule has 1 heterocycles. The van der Waals surface area contributed by atoms with Gasteiger partial charge in [-0.3, -0.25) is 0 Å². The fourth-order valence-electron chi connectivity index (χ4n) is 3.00. The fourth-order valence-corrected chi connectivity index (χ4v) is 3.19. The van der Waals surface area contributed by atoms with E-state index >= 15 is 0 Å². The largest absolute Gasteiger partial charge is 0.368 e. The fraction of sp³-hybridized carbons (Fsp3) is 0.625. The standard InChI is InChI=1S/C16H24ClNO/c1-11(12-7-6-8-13(17)9-12)18-14-10-15(2,3)19-16(14,4)5/h6-9,11,14,18H,10H2,1-5H3/t11-,14?/m1/s1. The van der Waals surface area contributed by atoms with Crippen LogP contribution in [0.3, 0.4) is 0 Å². The molecule has 19 heavy (non-hydrogen) atoms. The van der Waals surface area contributed by atoms with Crippen molar-refractivity contribution in [1.29, 1.82) is 0 Å². The second-order valence-corrected chi connectivity index (χ2v) is 7.10. The lowest BCUT2D eigenvalue weighted by Crippen LogP contribution is -2.44. The van der Waals surface area contributed by atoms with Crippen molar-refractivity contribution in [1.82, 2.24) is 5.32 Å². The molecule has 2 rings (SSSR count). The summed E-state index contributed by atoms with van der Waals surface area (Å²) in [4.78, 5) is 0. The monoisotopic (exact) mass is 281 g/mol. The van der Waals surface area contributed by atoms with Gasteiger partial charge in [-0.1, -0.05) is 23.7 Å². The maximum Gasteiger partial charge on any atom is 0.0787 e. The maximum absolute atomic E-state index is 6.12. The number of ether oxygens (including phenoxy) is 1. The van der Waals surface area contributed by atoms with Crippen molar-refractivity contribution in [3.05, 3.63) is 34.9 Å². The molecule has 0 amide bonds. The zero-order chi connectivity index (χ0) is 14.3. The van der Waals surface area contributed by atoms with E-state index in [0.717, 1.165) is 11.4 Å². The zero-order valence-electron chi connectivity index (χ0n) is 12.5. The van der Waals surface area contributed by atoms with E-state index in [-0.39, 0.29) is 17.2 Å². The van der Waals surface area contributed by atoms with Gasteiger partial charge in [-0.25, -0.2) is 0 Å². The summed E-state index contributed by atoms with van der Waals surface area (Å²) in [5.41, 5.74) is 1.01. The first kappa shape index (κ1) is 14.8. The Morgan fingerprint density at radius 1 is 1.32 bits per heavy atom. The molecule has 0 aromatic heterocycles. The molecule has 1 N–H and O–H groups in total. The Balaban J connectivity index is 2.09. The smallest absolute Gasteiger partial charge is 0.0787 e. The number of hydrogen-bond acceptors (Lipinski definition) is 2. The van der Waals surface area contributed by atoms with Crippen LogP contribution in [0.4, 0.5) is 0 Å². The van der Waals surface area contributed by atoms with E-state index < -0.39 is 0 Å². The minimum absolute atomic E-state index is 0.0603. The van der Waals surface area contributed by atoms with Crippen LogP contribution >= 0.6 is 11.6 Å². The lowest BCUT2D eigenvalue weighted by Gasteiger charge is -2.30. The van der Waals surface area contributed by atoms with Gasteiger partial charge in [0.25, 0.3) is 0 Å². The molecule has 0 aliphatic carbocycles. The quantitative estimate of drug-likeness (QED) is 0.890. The van der Waals surface area contributed by atoms with Crippen LogP contribution in [0, 0.1) is 0 Å². The highest BCUT2D eigenvalue weighted by molar-refractivity contribution is 6.30. The van der Waals surface area contributed by atoms with Gasteiger partial charge >= 0.3 is 0 Å². The first-order chi connectivity index (χ1) is 8.70. The van der Waals surface area contributed by atoms with Gasteiger partial charge in [-0.05, 0) is 58.7 Å². The van der Waals surface area contributed by atoms with Crippen LogP contribution in [0.15, 0.2) is 24.3 Å². The Kier molecular flexibility index (Phi) is 3.97. The molecule has 1 aromatic carbocycles. The normalized spacial score (nSPS) is 26.3.